The first-order chi connectivity index (χ1) is 14.1. The van der Waals surface area contributed by atoms with E-state index in [0.29, 0.717) is 22.6 Å². The number of methoxy groups -OCH3 is 2. The molecule has 0 unspecified atom stereocenters. The normalized spacial score (nSPS) is 11.0. The van der Waals surface area contributed by atoms with Gasteiger partial charge in [-0.05, 0) is 29.8 Å². The third-order valence-corrected chi connectivity index (χ3v) is 4.60. The van der Waals surface area contributed by atoms with E-state index < -0.39 is 5.56 Å². The van der Waals surface area contributed by atoms with E-state index >= 15 is 0 Å². The number of hydrogen-bond donors (Lipinski definition) is 1. The van der Waals surface area contributed by atoms with Crippen LogP contribution < -0.4 is 20.3 Å². The van der Waals surface area contributed by atoms with Gasteiger partial charge in [0.15, 0.2) is 11.5 Å². The lowest BCUT2D eigenvalue weighted by molar-refractivity contribution is -0.121. The number of hydrogen-bond acceptors (Lipinski definition) is 6. The molecule has 0 spiro atoms. The number of fused-ring (bicyclic) bond motifs is 3. The fourth-order valence-corrected chi connectivity index (χ4v) is 3.13. The lowest BCUT2D eigenvalue weighted by Crippen LogP contribution is -2.32. The highest BCUT2D eigenvalue weighted by Crippen LogP contribution is 2.27. The van der Waals surface area contributed by atoms with Crippen LogP contribution in [0, 0.1) is 0 Å². The van der Waals surface area contributed by atoms with Crippen molar-refractivity contribution in [3.63, 3.8) is 0 Å². The van der Waals surface area contributed by atoms with Gasteiger partial charge in [0, 0.05) is 11.9 Å². The maximum Gasteiger partial charge on any atom is 0.297 e. The second-order valence-electron chi connectivity index (χ2n) is 6.42. The summed E-state index contributed by atoms with van der Waals surface area (Å²) in [6, 6.07) is 12.7. The number of carbonyl (C=O) groups is 1. The van der Waals surface area contributed by atoms with Crippen LogP contribution in [0.1, 0.15) is 5.56 Å². The number of para-hydroxylation sites is 1. The molecule has 0 aliphatic rings. The van der Waals surface area contributed by atoms with Crippen LogP contribution in [-0.2, 0) is 17.9 Å². The Morgan fingerprint density at radius 1 is 1.14 bits per heavy atom. The number of furan rings is 1. The molecule has 4 aromatic rings. The van der Waals surface area contributed by atoms with E-state index in [1.165, 1.54) is 10.9 Å². The monoisotopic (exact) mass is 393 g/mol. The van der Waals surface area contributed by atoms with Gasteiger partial charge in [-0.3, -0.25) is 14.2 Å². The highest BCUT2D eigenvalue weighted by molar-refractivity contribution is 6.01. The minimum Gasteiger partial charge on any atom is -0.493 e. The van der Waals surface area contributed by atoms with Crippen molar-refractivity contribution in [2.24, 2.45) is 0 Å². The lowest BCUT2D eigenvalue weighted by atomic mass is 10.2. The van der Waals surface area contributed by atoms with Crippen LogP contribution in [0.2, 0.25) is 0 Å². The van der Waals surface area contributed by atoms with Gasteiger partial charge in [-0.1, -0.05) is 18.2 Å². The van der Waals surface area contributed by atoms with Crippen LogP contribution in [-0.4, -0.2) is 29.7 Å². The summed E-state index contributed by atoms with van der Waals surface area (Å²) in [5.41, 5.74) is 1.67. The van der Waals surface area contributed by atoms with E-state index in [1.54, 1.807) is 32.4 Å². The van der Waals surface area contributed by atoms with Gasteiger partial charge >= 0.3 is 0 Å². The van der Waals surface area contributed by atoms with Gasteiger partial charge in [0.2, 0.25) is 11.5 Å². The number of amides is 1. The van der Waals surface area contributed by atoms with E-state index in [2.05, 4.69) is 10.3 Å². The van der Waals surface area contributed by atoms with Crippen LogP contribution in [0.25, 0.3) is 22.1 Å². The third-order valence-electron chi connectivity index (χ3n) is 4.60. The summed E-state index contributed by atoms with van der Waals surface area (Å²) in [5.74, 6) is 0.869. The highest BCUT2D eigenvalue weighted by atomic mass is 16.5. The largest absolute Gasteiger partial charge is 0.493 e. The Kier molecular flexibility index (Phi) is 4.90. The van der Waals surface area contributed by atoms with Crippen LogP contribution in [0.5, 0.6) is 11.5 Å². The molecule has 0 saturated heterocycles. The minimum atomic E-state index is -0.396. The van der Waals surface area contributed by atoms with Crippen molar-refractivity contribution in [1.82, 2.24) is 14.9 Å². The van der Waals surface area contributed by atoms with Gasteiger partial charge in [0.25, 0.3) is 5.56 Å². The molecule has 2 aromatic heterocycles. The molecule has 0 saturated carbocycles. The van der Waals surface area contributed by atoms with Crippen molar-refractivity contribution < 1.29 is 18.7 Å². The molecule has 1 amide bonds. The topological polar surface area (TPSA) is 95.6 Å². The fourth-order valence-electron chi connectivity index (χ4n) is 3.13. The molecule has 0 fully saturated rings. The smallest absolute Gasteiger partial charge is 0.297 e. The number of benzene rings is 2. The highest BCUT2D eigenvalue weighted by Gasteiger charge is 2.14. The summed E-state index contributed by atoms with van der Waals surface area (Å²) in [6.07, 6.45) is 1.36. The zero-order chi connectivity index (χ0) is 20.4. The van der Waals surface area contributed by atoms with Gasteiger partial charge in [-0.25, -0.2) is 4.98 Å². The maximum atomic E-state index is 12.7. The summed E-state index contributed by atoms with van der Waals surface area (Å²) in [6.45, 7) is 0.125. The lowest BCUT2D eigenvalue weighted by Gasteiger charge is -2.11. The number of carbonyl (C=O) groups excluding carboxylic acids is 1. The minimum absolute atomic E-state index is 0.140. The van der Waals surface area contributed by atoms with Gasteiger partial charge < -0.3 is 19.2 Å². The van der Waals surface area contributed by atoms with Crippen LogP contribution >= 0.6 is 0 Å². The number of ether oxygens (including phenoxy) is 2. The van der Waals surface area contributed by atoms with Gasteiger partial charge in [-0.15, -0.1) is 0 Å². The molecule has 0 radical (unpaired) electrons. The first kappa shape index (κ1) is 18.5. The molecule has 8 heteroatoms. The zero-order valence-electron chi connectivity index (χ0n) is 16.0. The van der Waals surface area contributed by atoms with Crippen LogP contribution in [0.4, 0.5) is 0 Å². The quantitative estimate of drug-likeness (QED) is 0.541. The summed E-state index contributed by atoms with van der Waals surface area (Å²) in [5, 5.41) is 3.55. The van der Waals surface area contributed by atoms with Crippen LogP contribution in [0.3, 0.4) is 0 Å². The second kappa shape index (κ2) is 7.67. The van der Waals surface area contributed by atoms with Gasteiger partial charge in [0.1, 0.15) is 17.6 Å². The summed E-state index contributed by atoms with van der Waals surface area (Å²) >= 11 is 0. The zero-order valence-corrected chi connectivity index (χ0v) is 16.0. The molecular formula is C21H19N3O5. The SMILES string of the molecule is COc1ccc(CNC(=O)Cn2cnc3c(oc4ccccc43)c2=O)cc1OC. The van der Waals surface area contributed by atoms with Crippen molar-refractivity contribution in [3.05, 3.63) is 64.7 Å². The molecule has 0 atom stereocenters. The van der Waals surface area contributed by atoms with Crippen molar-refractivity contribution in [2.75, 3.05) is 14.2 Å². The van der Waals surface area contributed by atoms with Gasteiger partial charge in [-0.2, -0.15) is 0 Å². The Hall–Kier alpha value is -3.81. The number of rotatable bonds is 6. The second-order valence-corrected chi connectivity index (χ2v) is 6.42. The molecule has 148 valence electrons. The van der Waals surface area contributed by atoms with E-state index in [0.717, 1.165) is 10.9 Å². The predicted octanol–water partition coefficient (Wildman–Crippen LogP) is 2.48. The first-order valence-electron chi connectivity index (χ1n) is 8.95. The third kappa shape index (κ3) is 3.52. The Morgan fingerprint density at radius 3 is 2.72 bits per heavy atom. The van der Waals surface area contributed by atoms with E-state index in [9.17, 15) is 9.59 Å². The van der Waals surface area contributed by atoms with E-state index in [1.807, 2.05) is 24.3 Å². The average Bonchev–Trinajstić information content (AvgIpc) is 3.13. The van der Waals surface area contributed by atoms with E-state index in [-0.39, 0.29) is 24.6 Å². The number of nitrogens with one attached hydrogen (secondary N) is 1. The standard InChI is InChI=1S/C21H19N3O5/c1-27-16-8-7-13(9-17(16)28-2)10-22-18(25)11-24-12-23-19-14-5-3-4-6-15(14)29-20(19)21(24)26/h3-9,12H,10-11H2,1-2H3,(H,22,25). The first-order valence-corrected chi connectivity index (χ1v) is 8.95. The van der Waals surface area contributed by atoms with E-state index in [4.69, 9.17) is 13.9 Å². The summed E-state index contributed by atoms with van der Waals surface area (Å²) < 4.78 is 17.3. The predicted molar refractivity (Wildman–Crippen MR) is 107 cm³/mol. The molecule has 4 rings (SSSR count). The van der Waals surface area contributed by atoms with Crippen molar-refractivity contribution in [1.29, 1.82) is 0 Å². The Bertz CT molecular complexity index is 1260. The number of aromatic nitrogens is 2. The molecular weight excluding hydrogens is 374 g/mol. The Balaban J connectivity index is 1.50. The fraction of sp³-hybridized carbons (Fsp3) is 0.190. The van der Waals surface area contributed by atoms with Crippen LogP contribution in [0.15, 0.2) is 58.0 Å². The molecule has 29 heavy (non-hydrogen) atoms. The average molecular weight is 393 g/mol. The maximum absolute atomic E-state index is 12.7. The molecule has 0 aliphatic carbocycles. The van der Waals surface area contributed by atoms with Gasteiger partial charge in [0.05, 0.1) is 20.5 Å². The molecule has 0 aliphatic heterocycles. The number of nitrogens with zero attached hydrogens (tertiary/aromatic N) is 2. The Labute approximate surface area is 165 Å². The van der Waals surface area contributed by atoms with Crippen molar-refractivity contribution >= 4 is 28.0 Å². The molecule has 0 bridgehead atoms. The van der Waals surface area contributed by atoms with Crippen molar-refractivity contribution in [3.8, 4) is 11.5 Å². The van der Waals surface area contributed by atoms with Crippen molar-refractivity contribution in [2.45, 2.75) is 13.1 Å². The molecule has 1 N–H and O–H groups in total. The Morgan fingerprint density at radius 2 is 1.93 bits per heavy atom. The molecule has 8 nitrogen and oxygen atoms in total. The molecule has 2 heterocycles. The summed E-state index contributed by atoms with van der Waals surface area (Å²) in [4.78, 5) is 29.3. The molecule has 2 aromatic carbocycles. The summed E-state index contributed by atoms with van der Waals surface area (Å²) in [7, 11) is 3.11.